The summed E-state index contributed by atoms with van der Waals surface area (Å²) in [5.74, 6) is 0.660. The zero-order chi connectivity index (χ0) is 13.1. The molecule has 19 heavy (non-hydrogen) atoms. The fourth-order valence-electron chi connectivity index (χ4n) is 3.41. The van der Waals surface area contributed by atoms with Crippen LogP contribution < -0.4 is 5.32 Å². The first-order valence-corrected chi connectivity index (χ1v) is 7.71. The van der Waals surface area contributed by atoms with Gasteiger partial charge >= 0.3 is 0 Å². The van der Waals surface area contributed by atoms with Crippen LogP contribution in [0.3, 0.4) is 0 Å². The van der Waals surface area contributed by atoms with Crippen LogP contribution in [0.1, 0.15) is 60.0 Å². The second-order valence-corrected chi connectivity index (χ2v) is 5.96. The molecule has 1 saturated carbocycles. The van der Waals surface area contributed by atoms with Crippen molar-refractivity contribution in [1.82, 2.24) is 5.32 Å². The lowest BCUT2D eigenvalue weighted by atomic mass is 9.89. The van der Waals surface area contributed by atoms with Gasteiger partial charge in [0.15, 0.2) is 5.78 Å². The lowest BCUT2D eigenvalue weighted by Crippen LogP contribution is -2.24. The Morgan fingerprint density at radius 3 is 2.63 bits per heavy atom. The van der Waals surface area contributed by atoms with Crippen LogP contribution in [0, 0.1) is 5.92 Å². The van der Waals surface area contributed by atoms with Gasteiger partial charge < -0.3 is 5.32 Å². The fraction of sp³-hybridized carbons (Fsp3) is 0.588. The molecule has 0 bridgehead atoms. The molecule has 1 aromatic carbocycles. The second kappa shape index (κ2) is 5.87. The van der Waals surface area contributed by atoms with E-state index in [0.717, 1.165) is 37.9 Å². The van der Waals surface area contributed by atoms with E-state index in [9.17, 15) is 4.79 Å². The van der Waals surface area contributed by atoms with Crippen molar-refractivity contribution in [3.63, 3.8) is 0 Å². The van der Waals surface area contributed by atoms with Crippen molar-refractivity contribution in [3.8, 4) is 0 Å². The molecule has 0 amide bonds. The zero-order valence-corrected chi connectivity index (χ0v) is 11.6. The molecule has 1 aliphatic carbocycles. The van der Waals surface area contributed by atoms with Crippen molar-refractivity contribution in [2.45, 2.75) is 51.5 Å². The summed E-state index contributed by atoms with van der Waals surface area (Å²) < 4.78 is 0. The van der Waals surface area contributed by atoms with E-state index in [0.29, 0.717) is 5.78 Å². The zero-order valence-electron chi connectivity index (χ0n) is 11.6. The minimum Gasteiger partial charge on any atom is -0.312 e. The standard InChI is InChI=1S/C17H23NO/c19-17(14-5-3-1-2-4-6-14)15-8-7-13-9-10-18-12-16(13)11-15/h7-8,11,14,18H,1-6,9-10,12H2. The Labute approximate surface area is 115 Å². The Kier molecular flexibility index (Phi) is 3.97. The van der Waals surface area contributed by atoms with E-state index in [1.54, 1.807) is 0 Å². The third-order valence-electron chi connectivity index (χ3n) is 4.60. The number of fused-ring (bicyclic) bond motifs is 1. The fourth-order valence-corrected chi connectivity index (χ4v) is 3.41. The van der Waals surface area contributed by atoms with Crippen LogP contribution in [-0.4, -0.2) is 12.3 Å². The highest BCUT2D eigenvalue weighted by Gasteiger charge is 2.22. The van der Waals surface area contributed by atoms with E-state index in [2.05, 4.69) is 23.5 Å². The number of hydrogen-bond donors (Lipinski definition) is 1. The van der Waals surface area contributed by atoms with Crippen molar-refractivity contribution in [1.29, 1.82) is 0 Å². The van der Waals surface area contributed by atoms with Gasteiger partial charge in [0.1, 0.15) is 0 Å². The third-order valence-corrected chi connectivity index (χ3v) is 4.60. The van der Waals surface area contributed by atoms with Crippen molar-refractivity contribution >= 4 is 5.78 Å². The molecule has 2 aliphatic rings. The number of carbonyl (C=O) groups excluding carboxylic acids is 1. The molecule has 0 aromatic heterocycles. The first kappa shape index (κ1) is 12.9. The van der Waals surface area contributed by atoms with E-state index in [-0.39, 0.29) is 5.92 Å². The van der Waals surface area contributed by atoms with Gasteiger partial charge in [0.2, 0.25) is 0 Å². The van der Waals surface area contributed by atoms with Crippen LogP contribution in [0.15, 0.2) is 18.2 Å². The maximum Gasteiger partial charge on any atom is 0.165 e. The van der Waals surface area contributed by atoms with Crippen LogP contribution in [-0.2, 0) is 13.0 Å². The van der Waals surface area contributed by atoms with Gasteiger partial charge in [0, 0.05) is 18.0 Å². The molecule has 102 valence electrons. The van der Waals surface area contributed by atoms with Gasteiger partial charge in [0.05, 0.1) is 0 Å². The lowest BCUT2D eigenvalue weighted by Gasteiger charge is -2.19. The Balaban J connectivity index is 1.78. The maximum absolute atomic E-state index is 12.6. The first-order valence-electron chi connectivity index (χ1n) is 7.71. The highest BCUT2D eigenvalue weighted by atomic mass is 16.1. The Morgan fingerprint density at radius 1 is 1.05 bits per heavy atom. The predicted octanol–water partition coefficient (Wildman–Crippen LogP) is 3.49. The highest BCUT2D eigenvalue weighted by Crippen LogP contribution is 2.27. The monoisotopic (exact) mass is 257 g/mol. The number of Topliss-reactive ketones (excluding diaryl/α,β-unsaturated/α-hetero) is 1. The van der Waals surface area contributed by atoms with Crippen molar-refractivity contribution in [2.75, 3.05) is 6.54 Å². The molecule has 1 heterocycles. The number of hydrogen-bond acceptors (Lipinski definition) is 2. The molecule has 0 spiro atoms. The summed E-state index contributed by atoms with van der Waals surface area (Å²) in [6.07, 6.45) is 8.33. The predicted molar refractivity (Wildman–Crippen MR) is 77.4 cm³/mol. The van der Waals surface area contributed by atoms with Crippen LogP contribution in [0.5, 0.6) is 0 Å². The molecule has 1 aliphatic heterocycles. The van der Waals surface area contributed by atoms with Gasteiger partial charge in [-0.25, -0.2) is 0 Å². The largest absolute Gasteiger partial charge is 0.312 e. The van der Waals surface area contributed by atoms with Gasteiger partial charge in [-0.15, -0.1) is 0 Å². The Morgan fingerprint density at radius 2 is 1.84 bits per heavy atom. The topological polar surface area (TPSA) is 29.1 Å². The quantitative estimate of drug-likeness (QED) is 0.649. The van der Waals surface area contributed by atoms with Crippen LogP contribution in [0.2, 0.25) is 0 Å². The molecular formula is C17H23NO. The van der Waals surface area contributed by atoms with Crippen LogP contribution in [0.25, 0.3) is 0 Å². The van der Waals surface area contributed by atoms with Crippen LogP contribution >= 0.6 is 0 Å². The first-order chi connectivity index (χ1) is 9.34. The summed E-state index contributed by atoms with van der Waals surface area (Å²) in [7, 11) is 0. The minimum atomic E-state index is 0.275. The molecule has 0 radical (unpaired) electrons. The van der Waals surface area contributed by atoms with E-state index in [4.69, 9.17) is 0 Å². The molecule has 0 saturated heterocycles. The SMILES string of the molecule is O=C(c1ccc2c(c1)CNCC2)C1CCCCCC1. The summed E-state index contributed by atoms with van der Waals surface area (Å²) in [5.41, 5.74) is 3.68. The van der Waals surface area contributed by atoms with Gasteiger partial charge in [-0.05, 0) is 43.0 Å². The average Bonchev–Trinajstić information content (AvgIpc) is 2.75. The molecular weight excluding hydrogens is 234 g/mol. The summed E-state index contributed by atoms with van der Waals surface area (Å²) >= 11 is 0. The van der Waals surface area contributed by atoms with Crippen molar-refractivity contribution in [2.24, 2.45) is 5.92 Å². The summed E-state index contributed by atoms with van der Waals surface area (Å²) in [6.45, 7) is 1.98. The van der Waals surface area contributed by atoms with Gasteiger partial charge in [-0.3, -0.25) is 4.79 Å². The number of ketones is 1. The summed E-state index contributed by atoms with van der Waals surface area (Å²) in [6, 6.07) is 6.35. The van der Waals surface area contributed by atoms with Crippen LogP contribution in [0.4, 0.5) is 0 Å². The number of benzene rings is 1. The third kappa shape index (κ3) is 2.89. The lowest BCUT2D eigenvalue weighted by molar-refractivity contribution is 0.0908. The molecule has 0 unspecified atom stereocenters. The second-order valence-electron chi connectivity index (χ2n) is 5.96. The molecule has 2 nitrogen and oxygen atoms in total. The Bertz CT molecular complexity index is 458. The van der Waals surface area contributed by atoms with E-state index >= 15 is 0 Å². The smallest absolute Gasteiger partial charge is 0.165 e. The minimum absolute atomic E-state index is 0.275. The molecule has 0 atom stereocenters. The van der Waals surface area contributed by atoms with E-state index in [1.165, 1.54) is 36.8 Å². The van der Waals surface area contributed by atoms with E-state index < -0.39 is 0 Å². The molecule has 2 heteroatoms. The Hall–Kier alpha value is -1.15. The molecule has 1 aromatic rings. The number of rotatable bonds is 2. The van der Waals surface area contributed by atoms with Gasteiger partial charge in [-0.2, -0.15) is 0 Å². The van der Waals surface area contributed by atoms with E-state index in [1.807, 2.05) is 0 Å². The molecule has 1 fully saturated rings. The van der Waals surface area contributed by atoms with Gasteiger partial charge in [0.25, 0.3) is 0 Å². The average molecular weight is 257 g/mol. The maximum atomic E-state index is 12.6. The summed E-state index contributed by atoms with van der Waals surface area (Å²) in [4.78, 5) is 12.6. The van der Waals surface area contributed by atoms with Crippen molar-refractivity contribution in [3.05, 3.63) is 34.9 Å². The highest BCUT2D eigenvalue weighted by molar-refractivity contribution is 5.98. The number of carbonyl (C=O) groups is 1. The molecule has 3 rings (SSSR count). The summed E-state index contributed by atoms with van der Waals surface area (Å²) in [5, 5.41) is 3.39. The number of nitrogens with one attached hydrogen (secondary N) is 1. The normalized spacial score (nSPS) is 20.6. The van der Waals surface area contributed by atoms with Crippen molar-refractivity contribution < 1.29 is 4.79 Å². The van der Waals surface area contributed by atoms with Gasteiger partial charge in [-0.1, -0.05) is 37.8 Å². The molecule has 1 N–H and O–H groups in total.